The van der Waals surface area contributed by atoms with E-state index in [2.05, 4.69) is 10.3 Å². The van der Waals surface area contributed by atoms with Crippen LogP contribution in [0.3, 0.4) is 0 Å². The molecule has 0 aliphatic rings. The molecule has 0 aromatic carbocycles. The third-order valence-electron chi connectivity index (χ3n) is 3.16. The second kappa shape index (κ2) is 5.68. The van der Waals surface area contributed by atoms with Gasteiger partial charge in [0.1, 0.15) is 11.3 Å². The van der Waals surface area contributed by atoms with Crippen LogP contribution < -0.4 is 10.9 Å². The third kappa shape index (κ3) is 2.22. The van der Waals surface area contributed by atoms with Gasteiger partial charge in [0.05, 0.1) is 4.92 Å². The second-order valence-electron chi connectivity index (χ2n) is 4.42. The highest BCUT2D eigenvalue weighted by Gasteiger charge is 2.25. The molecule has 20 heavy (non-hydrogen) atoms. The second-order valence-corrected chi connectivity index (χ2v) is 4.42. The molecule has 2 heterocycles. The first kappa shape index (κ1) is 14.0. The fourth-order valence-corrected chi connectivity index (χ4v) is 2.21. The van der Waals surface area contributed by atoms with E-state index in [9.17, 15) is 14.9 Å². The lowest BCUT2D eigenvalue weighted by Crippen LogP contribution is -2.25. The molecule has 0 bridgehead atoms. The molecule has 1 N–H and O–H groups in total. The Morgan fingerprint density at radius 1 is 1.50 bits per heavy atom. The SMILES string of the molecule is CCCCn1c(=O)c([N+](=O)[O-])c(NC)c2cccnc21. The van der Waals surface area contributed by atoms with Gasteiger partial charge in [0, 0.05) is 25.2 Å². The normalized spacial score (nSPS) is 10.7. The van der Waals surface area contributed by atoms with Gasteiger partial charge in [0.2, 0.25) is 0 Å². The lowest BCUT2D eigenvalue weighted by Gasteiger charge is -2.12. The van der Waals surface area contributed by atoms with Crippen molar-refractivity contribution in [3.63, 3.8) is 0 Å². The smallest absolute Gasteiger partial charge is 0.357 e. The molecule has 2 aromatic rings. The average Bonchev–Trinajstić information content (AvgIpc) is 2.44. The number of aryl methyl sites for hydroxylation is 1. The van der Waals surface area contributed by atoms with E-state index in [4.69, 9.17) is 0 Å². The van der Waals surface area contributed by atoms with Gasteiger partial charge in [-0.3, -0.25) is 19.5 Å². The van der Waals surface area contributed by atoms with Crippen LogP contribution in [0, 0.1) is 10.1 Å². The van der Waals surface area contributed by atoms with Crippen LogP contribution in [-0.4, -0.2) is 21.5 Å². The van der Waals surface area contributed by atoms with Gasteiger partial charge in [0.25, 0.3) is 0 Å². The molecule has 106 valence electrons. The van der Waals surface area contributed by atoms with E-state index in [1.807, 2.05) is 6.92 Å². The Hall–Kier alpha value is -2.44. The van der Waals surface area contributed by atoms with E-state index in [-0.39, 0.29) is 5.69 Å². The number of nitro groups is 1. The Kier molecular flexibility index (Phi) is 3.97. The van der Waals surface area contributed by atoms with E-state index in [1.54, 1.807) is 25.4 Å². The van der Waals surface area contributed by atoms with Crippen LogP contribution in [0.1, 0.15) is 19.8 Å². The summed E-state index contributed by atoms with van der Waals surface area (Å²) in [5.41, 5.74) is -0.347. The molecule has 2 aromatic heterocycles. The van der Waals surface area contributed by atoms with Crippen molar-refractivity contribution in [3.8, 4) is 0 Å². The summed E-state index contributed by atoms with van der Waals surface area (Å²) in [7, 11) is 1.56. The van der Waals surface area contributed by atoms with Crippen molar-refractivity contribution >= 4 is 22.4 Å². The Morgan fingerprint density at radius 2 is 2.25 bits per heavy atom. The fourth-order valence-electron chi connectivity index (χ4n) is 2.21. The molecule has 0 unspecified atom stereocenters. The molecule has 7 heteroatoms. The first-order valence-electron chi connectivity index (χ1n) is 6.45. The van der Waals surface area contributed by atoms with Crippen LogP contribution >= 0.6 is 0 Å². The van der Waals surface area contributed by atoms with Crippen LogP contribution in [-0.2, 0) is 6.54 Å². The van der Waals surface area contributed by atoms with Gasteiger partial charge in [-0.15, -0.1) is 0 Å². The minimum atomic E-state index is -0.636. The number of pyridine rings is 2. The first-order valence-corrected chi connectivity index (χ1v) is 6.45. The summed E-state index contributed by atoms with van der Waals surface area (Å²) in [6.07, 6.45) is 3.24. The van der Waals surface area contributed by atoms with Gasteiger partial charge in [-0.2, -0.15) is 0 Å². The van der Waals surface area contributed by atoms with Crippen molar-refractivity contribution in [2.24, 2.45) is 0 Å². The molecule has 0 radical (unpaired) electrons. The highest BCUT2D eigenvalue weighted by molar-refractivity contribution is 5.93. The van der Waals surface area contributed by atoms with Gasteiger partial charge in [-0.05, 0) is 18.6 Å². The van der Waals surface area contributed by atoms with E-state index >= 15 is 0 Å². The molecular weight excluding hydrogens is 260 g/mol. The molecule has 0 amide bonds. The largest absolute Gasteiger partial charge is 0.382 e. The lowest BCUT2D eigenvalue weighted by molar-refractivity contribution is -0.385. The number of nitrogens with one attached hydrogen (secondary N) is 1. The number of hydrogen-bond acceptors (Lipinski definition) is 5. The van der Waals surface area contributed by atoms with E-state index in [0.29, 0.717) is 17.6 Å². The molecule has 0 saturated heterocycles. The summed E-state index contributed by atoms with van der Waals surface area (Å²) < 4.78 is 1.39. The zero-order valence-electron chi connectivity index (χ0n) is 11.4. The fraction of sp³-hybridized carbons (Fsp3) is 0.385. The van der Waals surface area contributed by atoms with Gasteiger partial charge < -0.3 is 5.32 Å². The van der Waals surface area contributed by atoms with Crippen LogP contribution in [0.4, 0.5) is 11.4 Å². The summed E-state index contributed by atoms with van der Waals surface area (Å²) in [4.78, 5) is 27.1. The number of fused-ring (bicyclic) bond motifs is 1. The Balaban J connectivity index is 2.87. The molecule has 0 spiro atoms. The monoisotopic (exact) mass is 276 g/mol. The van der Waals surface area contributed by atoms with E-state index < -0.39 is 16.2 Å². The van der Waals surface area contributed by atoms with Gasteiger partial charge >= 0.3 is 11.2 Å². The van der Waals surface area contributed by atoms with Gasteiger partial charge in [0.15, 0.2) is 0 Å². The summed E-state index contributed by atoms with van der Waals surface area (Å²) in [6.45, 7) is 2.42. The Morgan fingerprint density at radius 3 is 2.85 bits per heavy atom. The van der Waals surface area contributed by atoms with Crippen molar-refractivity contribution in [2.75, 3.05) is 12.4 Å². The minimum Gasteiger partial charge on any atom is -0.382 e. The van der Waals surface area contributed by atoms with Crippen molar-refractivity contribution in [3.05, 3.63) is 38.8 Å². The average molecular weight is 276 g/mol. The number of unbranched alkanes of at least 4 members (excludes halogenated alkanes) is 1. The zero-order valence-corrected chi connectivity index (χ0v) is 11.4. The minimum absolute atomic E-state index is 0.218. The maximum atomic E-state index is 12.4. The van der Waals surface area contributed by atoms with Gasteiger partial charge in [-0.1, -0.05) is 13.3 Å². The molecule has 0 fully saturated rings. The van der Waals surface area contributed by atoms with Crippen LogP contribution in [0.5, 0.6) is 0 Å². The zero-order chi connectivity index (χ0) is 14.7. The first-order chi connectivity index (χ1) is 9.61. The summed E-state index contributed by atoms with van der Waals surface area (Å²) >= 11 is 0. The summed E-state index contributed by atoms with van der Waals surface area (Å²) in [5.74, 6) is 0. The van der Waals surface area contributed by atoms with Crippen LogP contribution in [0.2, 0.25) is 0 Å². The van der Waals surface area contributed by atoms with Crippen LogP contribution in [0.25, 0.3) is 11.0 Å². The number of aromatic nitrogens is 2. The third-order valence-corrected chi connectivity index (χ3v) is 3.16. The number of hydrogen-bond donors (Lipinski definition) is 1. The van der Waals surface area contributed by atoms with Crippen LogP contribution in [0.15, 0.2) is 23.1 Å². The Bertz CT molecular complexity index is 709. The van der Waals surface area contributed by atoms with Crippen molar-refractivity contribution in [1.82, 2.24) is 9.55 Å². The molecule has 7 nitrogen and oxygen atoms in total. The predicted octanol–water partition coefficient (Wildman–Crippen LogP) is 2.15. The number of nitrogens with zero attached hydrogens (tertiary/aromatic N) is 3. The maximum absolute atomic E-state index is 12.4. The van der Waals surface area contributed by atoms with E-state index in [0.717, 1.165) is 12.8 Å². The quantitative estimate of drug-likeness (QED) is 0.667. The van der Waals surface area contributed by atoms with Crippen molar-refractivity contribution in [2.45, 2.75) is 26.3 Å². The van der Waals surface area contributed by atoms with E-state index in [1.165, 1.54) is 4.57 Å². The van der Waals surface area contributed by atoms with Gasteiger partial charge in [-0.25, -0.2) is 4.98 Å². The summed E-state index contributed by atoms with van der Waals surface area (Å²) in [6, 6.07) is 3.42. The summed E-state index contributed by atoms with van der Waals surface area (Å²) in [5, 5.41) is 14.5. The molecule has 0 saturated carbocycles. The molecule has 0 aliphatic heterocycles. The lowest BCUT2D eigenvalue weighted by atomic mass is 10.2. The molecule has 2 rings (SSSR count). The maximum Gasteiger partial charge on any atom is 0.357 e. The molecular formula is C13H16N4O3. The highest BCUT2D eigenvalue weighted by atomic mass is 16.6. The topological polar surface area (TPSA) is 90.1 Å². The predicted molar refractivity (Wildman–Crippen MR) is 77.1 cm³/mol. The van der Waals surface area contributed by atoms with Crippen molar-refractivity contribution in [1.29, 1.82) is 0 Å². The molecule has 0 aliphatic carbocycles. The standard InChI is InChI=1S/C13H16N4O3/c1-3-4-8-16-12-9(6-5-7-15-12)10(14-2)11(13(16)18)17(19)20/h5-7,14H,3-4,8H2,1-2H3. The Labute approximate surface area is 115 Å². The number of rotatable bonds is 5. The highest BCUT2D eigenvalue weighted by Crippen LogP contribution is 2.28. The number of anilines is 1. The molecule has 0 atom stereocenters. The van der Waals surface area contributed by atoms with Crippen molar-refractivity contribution < 1.29 is 4.92 Å².